The number of rotatable bonds is 5. The Morgan fingerprint density at radius 3 is 2.83 bits per heavy atom. The summed E-state index contributed by atoms with van der Waals surface area (Å²) in [6.45, 7) is 0. The summed E-state index contributed by atoms with van der Waals surface area (Å²) in [7, 11) is 3.46. The van der Waals surface area contributed by atoms with Crippen LogP contribution in [0.1, 0.15) is 12.3 Å². The summed E-state index contributed by atoms with van der Waals surface area (Å²) < 4.78 is 12.1. The summed E-state index contributed by atoms with van der Waals surface area (Å²) in [5.41, 5.74) is 0.826. The molecule has 0 bridgehead atoms. The Kier molecular flexibility index (Phi) is 4.85. The van der Waals surface area contributed by atoms with E-state index in [-0.39, 0.29) is 12.3 Å². The minimum atomic E-state index is -0.211. The number of aryl methyl sites for hydroxylation is 2. The maximum atomic E-state index is 11.9. The SMILES string of the molecule is COc1ccc(-c2noc(CCC(=O)N=c3sccn3C)n2)cc1. The molecule has 3 rings (SSSR count). The summed E-state index contributed by atoms with van der Waals surface area (Å²) in [5.74, 6) is 1.45. The molecule has 2 aromatic heterocycles. The number of hydrogen-bond donors (Lipinski definition) is 0. The predicted octanol–water partition coefficient (Wildman–Crippen LogP) is 2.21. The summed E-state index contributed by atoms with van der Waals surface area (Å²) in [6.07, 6.45) is 2.44. The number of hydrogen-bond acceptors (Lipinski definition) is 6. The standard InChI is InChI=1S/C16H16N4O3S/c1-20-9-10-24-16(20)17-13(21)7-8-14-18-15(19-23-14)11-3-5-12(22-2)6-4-11/h3-6,9-10H,7-8H2,1-2H3. The average molecular weight is 344 g/mol. The van der Waals surface area contributed by atoms with Gasteiger partial charge in [0, 0.05) is 37.0 Å². The lowest BCUT2D eigenvalue weighted by molar-refractivity contribution is -0.118. The van der Waals surface area contributed by atoms with Crippen molar-refractivity contribution in [1.82, 2.24) is 14.7 Å². The number of aromatic nitrogens is 3. The molecule has 0 aliphatic rings. The van der Waals surface area contributed by atoms with Crippen LogP contribution in [0.15, 0.2) is 45.4 Å². The van der Waals surface area contributed by atoms with Crippen molar-refractivity contribution in [3.63, 3.8) is 0 Å². The average Bonchev–Trinajstić information content (AvgIpc) is 3.23. The number of methoxy groups -OCH3 is 1. The van der Waals surface area contributed by atoms with Gasteiger partial charge in [-0.1, -0.05) is 5.16 Å². The van der Waals surface area contributed by atoms with Crippen LogP contribution in [0, 0.1) is 0 Å². The van der Waals surface area contributed by atoms with Gasteiger partial charge in [0.1, 0.15) is 5.75 Å². The molecule has 8 heteroatoms. The third kappa shape index (κ3) is 3.77. The van der Waals surface area contributed by atoms with Gasteiger partial charge in [-0.25, -0.2) is 0 Å². The first-order chi connectivity index (χ1) is 11.7. The second-order valence-electron chi connectivity index (χ2n) is 5.04. The first-order valence-corrected chi connectivity index (χ1v) is 8.18. The van der Waals surface area contributed by atoms with Gasteiger partial charge in [0.25, 0.3) is 0 Å². The van der Waals surface area contributed by atoms with E-state index in [2.05, 4.69) is 15.1 Å². The zero-order valence-electron chi connectivity index (χ0n) is 13.3. The van der Waals surface area contributed by atoms with Gasteiger partial charge in [0.2, 0.25) is 17.6 Å². The topological polar surface area (TPSA) is 82.5 Å². The van der Waals surface area contributed by atoms with Gasteiger partial charge in [-0.05, 0) is 24.3 Å². The smallest absolute Gasteiger partial charge is 0.248 e. The van der Waals surface area contributed by atoms with Crippen LogP contribution in [0.3, 0.4) is 0 Å². The van der Waals surface area contributed by atoms with Crippen LogP contribution in [-0.2, 0) is 18.3 Å². The van der Waals surface area contributed by atoms with E-state index in [1.54, 1.807) is 11.7 Å². The highest BCUT2D eigenvalue weighted by Gasteiger charge is 2.10. The lowest BCUT2D eigenvalue weighted by Gasteiger charge is -1.98. The summed E-state index contributed by atoms with van der Waals surface area (Å²) in [6, 6.07) is 7.36. The largest absolute Gasteiger partial charge is 0.497 e. The quantitative estimate of drug-likeness (QED) is 0.709. The molecule has 0 aliphatic carbocycles. The Bertz CT molecular complexity index is 892. The summed E-state index contributed by atoms with van der Waals surface area (Å²) >= 11 is 1.42. The van der Waals surface area contributed by atoms with Gasteiger partial charge in [0.05, 0.1) is 7.11 Å². The maximum absolute atomic E-state index is 11.9. The highest BCUT2D eigenvalue weighted by molar-refractivity contribution is 7.07. The van der Waals surface area contributed by atoms with E-state index >= 15 is 0 Å². The van der Waals surface area contributed by atoms with Gasteiger partial charge >= 0.3 is 0 Å². The Labute approximate surface area is 142 Å². The fraction of sp³-hybridized carbons (Fsp3) is 0.250. The van der Waals surface area contributed by atoms with E-state index < -0.39 is 0 Å². The number of amides is 1. The predicted molar refractivity (Wildman–Crippen MR) is 88.5 cm³/mol. The van der Waals surface area contributed by atoms with Crippen molar-refractivity contribution in [3.05, 3.63) is 46.5 Å². The molecule has 3 aromatic rings. The minimum Gasteiger partial charge on any atom is -0.497 e. The molecule has 0 unspecified atom stereocenters. The second kappa shape index (κ2) is 7.22. The molecule has 0 saturated carbocycles. The van der Waals surface area contributed by atoms with Crippen LogP contribution >= 0.6 is 11.3 Å². The normalized spacial score (nSPS) is 11.7. The first-order valence-electron chi connectivity index (χ1n) is 7.30. The molecule has 0 atom stereocenters. The van der Waals surface area contributed by atoms with E-state index in [0.717, 1.165) is 11.3 Å². The van der Waals surface area contributed by atoms with Gasteiger partial charge in [0.15, 0.2) is 4.80 Å². The number of benzene rings is 1. The van der Waals surface area contributed by atoms with Crippen molar-refractivity contribution in [2.24, 2.45) is 12.0 Å². The van der Waals surface area contributed by atoms with Gasteiger partial charge in [-0.15, -0.1) is 11.3 Å². The van der Waals surface area contributed by atoms with Crippen LogP contribution in [0.25, 0.3) is 11.4 Å². The van der Waals surface area contributed by atoms with Crippen molar-refractivity contribution < 1.29 is 14.1 Å². The lowest BCUT2D eigenvalue weighted by atomic mass is 10.2. The Morgan fingerprint density at radius 1 is 1.38 bits per heavy atom. The maximum Gasteiger partial charge on any atom is 0.248 e. The highest BCUT2D eigenvalue weighted by Crippen LogP contribution is 2.19. The van der Waals surface area contributed by atoms with Crippen molar-refractivity contribution in [2.45, 2.75) is 12.8 Å². The Balaban J connectivity index is 1.64. The minimum absolute atomic E-state index is 0.211. The summed E-state index contributed by atoms with van der Waals surface area (Å²) in [4.78, 5) is 20.9. The number of thiazole rings is 1. The van der Waals surface area contributed by atoms with Crippen LogP contribution in [-0.4, -0.2) is 27.7 Å². The molecule has 0 saturated heterocycles. The van der Waals surface area contributed by atoms with Crippen LogP contribution in [0.2, 0.25) is 0 Å². The monoisotopic (exact) mass is 344 g/mol. The molecular weight excluding hydrogens is 328 g/mol. The molecule has 1 aromatic carbocycles. The lowest BCUT2D eigenvalue weighted by Crippen LogP contribution is -2.12. The van der Waals surface area contributed by atoms with E-state index in [4.69, 9.17) is 9.26 Å². The number of nitrogens with zero attached hydrogens (tertiary/aromatic N) is 4. The zero-order chi connectivity index (χ0) is 16.9. The van der Waals surface area contributed by atoms with Crippen molar-refractivity contribution in [3.8, 4) is 17.1 Å². The number of carbonyl (C=O) groups is 1. The molecule has 0 spiro atoms. The van der Waals surface area contributed by atoms with Crippen molar-refractivity contribution >= 4 is 17.2 Å². The molecule has 24 heavy (non-hydrogen) atoms. The fourth-order valence-electron chi connectivity index (χ4n) is 2.02. The third-order valence-corrected chi connectivity index (χ3v) is 4.20. The second-order valence-corrected chi connectivity index (χ2v) is 5.92. The molecule has 2 heterocycles. The third-order valence-electron chi connectivity index (χ3n) is 3.35. The van der Waals surface area contributed by atoms with E-state index in [9.17, 15) is 4.79 Å². The van der Waals surface area contributed by atoms with Crippen molar-refractivity contribution in [2.75, 3.05) is 7.11 Å². The highest BCUT2D eigenvalue weighted by atomic mass is 32.1. The van der Waals surface area contributed by atoms with Crippen molar-refractivity contribution in [1.29, 1.82) is 0 Å². The number of carbonyl (C=O) groups excluding carboxylic acids is 1. The van der Waals surface area contributed by atoms with E-state index in [1.807, 2.05) is 42.9 Å². The molecule has 7 nitrogen and oxygen atoms in total. The van der Waals surface area contributed by atoms with Gasteiger partial charge in [-0.3, -0.25) is 4.79 Å². The molecule has 0 radical (unpaired) electrons. The number of ether oxygens (including phenoxy) is 1. The zero-order valence-corrected chi connectivity index (χ0v) is 14.1. The molecule has 0 N–H and O–H groups in total. The molecule has 124 valence electrons. The fourth-order valence-corrected chi connectivity index (χ4v) is 2.77. The van der Waals surface area contributed by atoms with Crippen LogP contribution in [0.4, 0.5) is 0 Å². The summed E-state index contributed by atoms with van der Waals surface area (Å²) in [5, 5.41) is 5.82. The Morgan fingerprint density at radius 2 is 2.17 bits per heavy atom. The van der Waals surface area contributed by atoms with Crippen LogP contribution in [0.5, 0.6) is 5.75 Å². The van der Waals surface area contributed by atoms with Gasteiger partial charge in [-0.2, -0.15) is 9.98 Å². The Hall–Kier alpha value is -2.74. The molecule has 0 fully saturated rings. The van der Waals surface area contributed by atoms with E-state index in [1.165, 1.54) is 11.3 Å². The molecule has 1 amide bonds. The molecular formula is C16H16N4O3S. The van der Waals surface area contributed by atoms with Crippen LogP contribution < -0.4 is 9.54 Å². The van der Waals surface area contributed by atoms with E-state index in [0.29, 0.717) is 22.9 Å². The first kappa shape index (κ1) is 16.1. The van der Waals surface area contributed by atoms with Gasteiger partial charge < -0.3 is 13.8 Å². The molecule has 0 aliphatic heterocycles.